The minimum atomic E-state index is -0.984. The van der Waals surface area contributed by atoms with Gasteiger partial charge in [-0.15, -0.1) is 0 Å². The third kappa shape index (κ3) is 7.30. The normalized spacial score (nSPS) is 13.8. The zero-order valence-corrected chi connectivity index (χ0v) is 25.1. The van der Waals surface area contributed by atoms with Gasteiger partial charge in [0, 0.05) is 16.6 Å². The van der Waals surface area contributed by atoms with E-state index in [0.717, 1.165) is 40.9 Å². The molecule has 5 rings (SSSR count). The van der Waals surface area contributed by atoms with E-state index in [1.165, 1.54) is 24.5 Å². The van der Waals surface area contributed by atoms with Gasteiger partial charge in [0.15, 0.2) is 5.13 Å². The summed E-state index contributed by atoms with van der Waals surface area (Å²) in [6.45, 7) is 0.0394. The average molecular weight is 651 g/mol. The van der Waals surface area contributed by atoms with Crippen molar-refractivity contribution in [3.05, 3.63) is 99.3 Å². The van der Waals surface area contributed by atoms with Gasteiger partial charge in [-0.1, -0.05) is 69.7 Å². The molecule has 42 heavy (non-hydrogen) atoms. The maximum Gasteiger partial charge on any atom is 0.305 e. The van der Waals surface area contributed by atoms with Gasteiger partial charge in [-0.05, 0) is 78.6 Å². The number of benzene rings is 3. The van der Waals surface area contributed by atoms with Gasteiger partial charge in [-0.25, -0.2) is 9.37 Å². The lowest BCUT2D eigenvalue weighted by molar-refractivity contribution is -0.136. The Hall–Kier alpha value is -3.89. The number of amides is 2. The van der Waals surface area contributed by atoms with Crippen LogP contribution in [0.3, 0.4) is 0 Å². The predicted octanol–water partition coefficient (Wildman–Crippen LogP) is 7.32. The molecule has 0 fully saturated rings. The first kappa shape index (κ1) is 29.6. The smallest absolute Gasteiger partial charge is 0.305 e. The Kier molecular flexibility index (Phi) is 9.44. The topological polar surface area (TPSA) is 108 Å². The van der Waals surface area contributed by atoms with Crippen LogP contribution in [-0.2, 0) is 16.0 Å². The molecule has 3 aromatic carbocycles. The molecule has 3 N–H and O–H groups in total. The molecule has 1 aromatic heterocycles. The second-order valence-corrected chi connectivity index (χ2v) is 12.1. The molecule has 2 amide bonds. The van der Waals surface area contributed by atoms with Crippen molar-refractivity contribution in [2.24, 2.45) is 0 Å². The average Bonchev–Trinajstić information content (AvgIpc) is 3.39. The highest BCUT2D eigenvalue weighted by molar-refractivity contribution is 9.10. The number of nitrogens with zero attached hydrogens (tertiary/aromatic N) is 1. The first-order valence-corrected chi connectivity index (χ1v) is 15.3. The molecule has 10 heteroatoms. The van der Waals surface area contributed by atoms with Crippen molar-refractivity contribution in [1.82, 2.24) is 10.3 Å². The number of carbonyl (C=O) groups is 3. The van der Waals surface area contributed by atoms with Crippen LogP contribution in [0.1, 0.15) is 65.1 Å². The van der Waals surface area contributed by atoms with Crippen LogP contribution in [0, 0.1) is 5.82 Å². The lowest BCUT2D eigenvalue weighted by atomic mass is 9.88. The number of carbonyl (C=O) groups excluding carboxylic acids is 2. The molecule has 0 bridgehead atoms. The van der Waals surface area contributed by atoms with E-state index < -0.39 is 17.7 Å². The van der Waals surface area contributed by atoms with Gasteiger partial charge in [0.2, 0.25) is 5.91 Å². The van der Waals surface area contributed by atoms with Crippen molar-refractivity contribution in [1.29, 1.82) is 0 Å². The molecule has 1 aliphatic carbocycles. The molecule has 1 aliphatic rings. The van der Waals surface area contributed by atoms with E-state index in [4.69, 9.17) is 5.11 Å². The van der Waals surface area contributed by atoms with Crippen molar-refractivity contribution in [3.63, 3.8) is 0 Å². The summed E-state index contributed by atoms with van der Waals surface area (Å²) >= 11 is 4.37. The van der Waals surface area contributed by atoms with Crippen molar-refractivity contribution < 1.29 is 23.9 Å². The van der Waals surface area contributed by atoms with E-state index in [2.05, 4.69) is 49.8 Å². The number of hydrogen-bond donors (Lipinski definition) is 3. The maximum atomic E-state index is 14.5. The van der Waals surface area contributed by atoms with Gasteiger partial charge in [0.05, 0.1) is 22.6 Å². The van der Waals surface area contributed by atoms with Crippen LogP contribution in [-0.4, -0.2) is 34.4 Å². The largest absolute Gasteiger partial charge is 0.481 e. The molecule has 1 atom stereocenters. The molecule has 0 saturated heterocycles. The van der Waals surface area contributed by atoms with E-state index >= 15 is 0 Å². The molecule has 0 radical (unpaired) electrons. The van der Waals surface area contributed by atoms with Gasteiger partial charge >= 0.3 is 5.97 Å². The minimum absolute atomic E-state index is 0.0394. The Bertz CT molecular complexity index is 1650. The number of halogens is 2. The number of thiazole rings is 1. The number of rotatable bonds is 10. The van der Waals surface area contributed by atoms with Crippen LogP contribution in [0.25, 0.3) is 15.8 Å². The zero-order valence-electron chi connectivity index (χ0n) is 22.7. The Morgan fingerprint density at radius 1 is 1.05 bits per heavy atom. The minimum Gasteiger partial charge on any atom is -0.481 e. The highest BCUT2D eigenvalue weighted by Gasteiger charge is 2.24. The third-order valence-electron chi connectivity index (χ3n) is 7.21. The number of allylic oxidation sites excluding steroid dienone is 2. The summed E-state index contributed by atoms with van der Waals surface area (Å²) in [5, 5.41) is 14.6. The fourth-order valence-electron chi connectivity index (χ4n) is 5.01. The van der Waals surface area contributed by atoms with Gasteiger partial charge in [0.25, 0.3) is 5.91 Å². The van der Waals surface area contributed by atoms with Crippen LogP contribution in [0.15, 0.2) is 71.2 Å². The first-order chi connectivity index (χ1) is 20.3. The number of carboxylic acid groups (broad SMARTS) is 1. The van der Waals surface area contributed by atoms with E-state index in [1.54, 1.807) is 30.3 Å². The predicted molar refractivity (Wildman–Crippen MR) is 166 cm³/mol. The lowest BCUT2D eigenvalue weighted by Crippen LogP contribution is -2.26. The summed E-state index contributed by atoms with van der Waals surface area (Å²) in [7, 11) is 0. The fraction of sp³-hybridized carbons (Fsp3) is 0.250. The van der Waals surface area contributed by atoms with E-state index in [9.17, 15) is 18.8 Å². The van der Waals surface area contributed by atoms with Crippen LogP contribution >= 0.6 is 27.3 Å². The molecule has 1 heterocycles. The van der Waals surface area contributed by atoms with Gasteiger partial charge in [-0.2, -0.15) is 0 Å². The number of nitrogens with one attached hydrogen (secondary N) is 2. The molecule has 1 unspecified atom stereocenters. The highest BCUT2D eigenvalue weighted by atomic mass is 79.9. The van der Waals surface area contributed by atoms with Gasteiger partial charge in [0.1, 0.15) is 5.82 Å². The standard InChI is InChI=1S/C32H29BrFN3O4S/c33-24-17-26(34)29-27(18-24)36-32(42-29)37-31(41)25(22-12-10-21(11-13-22)20-4-2-1-3-5-20)16-19-6-8-23(9-7-19)30(40)35-15-14-28(38)39/h4,6-13,17-18,25H,1-3,5,14-16H2,(H,35,40)(H,38,39)(H,36,37,41). The van der Waals surface area contributed by atoms with E-state index in [0.29, 0.717) is 31.8 Å². The van der Waals surface area contributed by atoms with Gasteiger partial charge in [-0.3, -0.25) is 14.4 Å². The third-order valence-corrected chi connectivity index (χ3v) is 8.66. The number of fused-ring (bicyclic) bond motifs is 1. The number of hydrogen-bond acceptors (Lipinski definition) is 5. The Balaban J connectivity index is 1.37. The van der Waals surface area contributed by atoms with Crippen molar-refractivity contribution in [3.8, 4) is 0 Å². The van der Waals surface area contributed by atoms with Crippen LogP contribution in [0.5, 0.6) is 0 Å². The van der Waals surface area contributed by atoms with E-state index in [-0.39, 0.29) is 24.8 Å². The molecular weight excluding hydrogens is 621 g/mol. The monoisotopic (exact) mass is 649 g/mol. The number of anilines is 1. The molecule has 0 saturated carbocycles. The SMILES string of the molecule is O=C(O)CCNC(=O)c1ccc(CC(C(=O)Nc2nc3cc(Br)cc(F)c3s2)c2ccc(C3=CCCCC3)cc2)cc1. The molecule has 7 nitrogen and oxygen atoms in total. The molecule has 0 spiro atoms. The highest BCUT2D eigenvalue weighted by Crippen LogP contribution is 2.33. The second-order valence-electron chi connectivity index (χ2n) is 10.2. The summed E-state index contributed by atoms with van der Waals surface area (Å²) in [5.74, 6) is -2.60. The molecule has 4 aromatic rings. The van der Waals surface area contributed by atoms with Crippen LogP contribution in [0.4, 0.5) is 9.52 Å². The van der Waals surface area contributed by atoms with Crippen LogP contribution < -0.4 is 10.6 Å². The van der Waals surface area contributed by atoms with Crippen molar-refractivity contribution >= 4 is 66.0 Å². The van der Waals surface area contributed by atoms with E-state index in [1.807, 2.05) is 12.1 Å². The quantitative estimate of drug-likeness (QED) is 0.167. The van der Waals surface area contributed by atoms with Crippen LogP contribution in [0.2, 0.25) is 0 Å². The second kappa shape index (κ2) is 13.4. The molecule has 216 valence electrons. The summed E-state index contributed by atoms with van der Waals surface area (Å²) in [5.41, 5.74) is 5.02. The summed E-state index contributed by atoms with van der Waals surface area (Å²) in [4.78, 5) is 41.2. The molecular formula is C32H29BrFN3O4S. The van der Waals surface area contributed by atoms with Gasteiger partial charge < -0.3 is 15.7 Å². The number of carboxylic acids is 1. The molecule has 0 aliphatic heterocycles. The summed E-state index contributed by atoms with van der Waals surface area (Å²) in [6.07, 6.45) is 6.99. The zero-order chi connectivity index (χ0) is 29.6. The fourth-order valence-corrected chi connectivity index (χ4v) is 6.28. The van der Waals surface area contributed by atoms with Crippen molar-refractivity contribution in [2.75, 3.05) is 11.9 Å². The first-order valence-electron chi connectivity index (χ1n) is 13.7. The number of aromatic nitrogens is 1. The summed E-state index contributed by atoms with van der Waals surface area (Å²) < 4.78 is 15.4. The lowest BCUT2D eigenvalue weighted by Gasteiger charge is -2.18. The Labute approximate surface area is 255 Å². The number of aliphatic carboxylic acids is 1. The Morgan fingerprint density at radius 2 is 1.81 bits per heavy atom. The summed E-state index contributed by atoms with van der Waals surface area (Å²) in [6, 6.07) is 18.1. The van der Waals surface area contributed by atoms with Crippen molar-refractivity contribution in [2.45, 2.75) is 44.4 Å². The maximum absolute atomic E-state index is 14.5. The Morgan fingerprint density at radius 3 is 2.50 bits per heavy atom.